The van der Waals surface area contributed by atoms with Crippen molar-refractivity contribution in [2.75, 3.05) is 38.9 Å². The van der Waals surface area contributed by atoms with E-state index < -0.39 is 31.6 Å². The second-order valence-corrected chi connectivity index (χ2v) is 10.5. The number of fused-ring (bicyclic) bond motifs is 1. The molecule has 0 aliphatic carbocycles. The Morgan fingerprint density at radius 2 is 1.40 bits per heavy atom. The molecule has 3 aromatic rings. The molecule has 0 fully saturated rings. The Balaban J connectivity index is 1.85. The normalized spacial score (nSPS) is 11.9. The van der Waals surface area contributed by atoms with Gasteiger partial charge < -0.3 is 13.9 Å². The molecule has 0 spiro atoms. The number of carbonyl (C=O) groups is 1. The van der Waals surface area contributed by atoms with Gasteiger partial charge in [0.1, 0.15) is 37.6 Å². The second kappa shape index (κ2) is 11.0. The average molecular weight is 527 g/mol. The molecule has 0 atom stereocenters. The highest BCUT2D eigenvalue weighted by atomic mass is 32.2. The van der Waals surface area contributed by atoms with Gasteiger partial charge in [-0.15, -0.1) is 0 Å². The first-order valence-electron chi connectivity index (χ1n) is 10.1. The molecule has 0 N–H and O–H groups in total. The van der Waals surface area contributed by atoms with Gasteiger partial charge in [0.15, 0.2) is 11.5 Å². The predicted octanol–water partition coefficient (Wildman–Crippen LogP) is 1.73. The third-order valence-electron chi connectivity index (χ3n) is 4.37. The van der Waals surface area contributed by atoms with Crippen LogP contribution in [0.2, 0.25) is 0 Å². The molecular formula is C22H22O11S2. The highest BCUT2D eigenvalue weighted by Gasteiger charge is 2.19. The Morgan fingerprint density at radius 3 is 2.03 bits per heavy atom. The number of hydrogen-bond donors (Lipinski definition) is 0. The standard InChI is InChI=1S/C22H22O11S2/c1-34(25,26)31-11-9-29-19-8-7-16(14-20(19)30-10-12-32-35(2,27)28)21(23)17-13-15-5-3-4-6-18(15)33-22(17)24/h3-8,13-14H,9-12H2,1-2H3. The van der Waals surface area contributed by atoms with Crippen LogP contribution in [-0.2, 0) is 28.6 Å². The van der Waals surface area contributed by atoms with Gasteiger partial charge in [-0.3, -0.25) is 13.2 Å². The summed E-state index contributed by atoms with van der Waals surface area (Å²) in [6.07, 6.45) is 1.78. The van der Waals surface area contributed by atoms with E-state index in [0.29, 0.717) is 11.0 Å². The molecule has 1 aromatic heterocycles. The van der Waals surface area contributed by atoms with E-state index in [9.17, 15) is 26.4 Å². The van der Waals surface area contributed by atoms with Crippen LogP contribution >= 0.6 is 0 Å². The topological polar surface area (TPSA) is 152 Å². The Hall–Kier alpha value is -3.26. The predicted molar refractivity (Wildman–Crippen MR) is 125 cm³/mol. The molecule has 0 aliphatic heterocycles. The molecule has 0 radical (unpaired) electrons. The Labute approximate surface area is 201 Å². The smallest absolute Gasteiger partial charge is 0.347 e. The molecule has 0 bridgehead atoms. The molecule has 13 heteroatoms. The van der Waals surface area contributed by atoms with Crippen molar-refractivity contribution in [3.8, 4) is 11.5 Å². The van der Waals surface area contributed by atoms with E-state index in [2.05, 4.69) is 8.37 Å². The van der Waals surface area contributed by atoms with Crippen molar-refractivity contribution in [2.24, 2.45) is 0 Å². The van der Waals surface area contributed by atoms with Crippen molar-refractivity contribution in [3.05, 3.63) is 70.1 Å². The summed E-state index contributed by atoms with van der Waals surface area (Å²) in [6.45, 7) is -0.944. The van der Waals surface area contributed by atoms with Crippen molar-refractivity contribution >= 4 is 37.0 Å². The van der Waals surface area contributed by atoms with Crippen LogP contribution in [0, 0.1) is 0 Å². The molecule has 1 heterocycles. The monoisotopic (exact) mass is 526 g/mol. The van der Waals surface area contributed by atoms with Gasteiger partial charge in [-0.1, -0.05) is 18.2 Å². The number of ether oxygens (including phenoxy) is 2. The molecule has 0 amide bonds. The van der Waals surface area contributed by atoms with Crippen molar-refractivity contribution in [3.63, 3.8) is 0 Å². The maximum atomic E-state index is 13.1. The summed E-state index contributed by atoms with van der Waals surface area (Å²) in [5, 5.41) is 0.565. The fourth-order valence-corrected chi connectivity index (χ4v) is 3.67. The fraction of sp³-hybridized carbons (Fsp3) is 0.273. The lowest BCUT2D eigenvalue weighted by Gasteiger charge is -2.14. The summed E-state index contributed by atoms with van der Waals surface area (Å²) in [5.74, 6) is -0.463. The summed E-state index contributed by atoms with van der Waals surface area (Å²) >= 11 is 0. The minimum absolute atomic E-state index is 0.0393. The lowest BCUT2D eigenvalue weighted by atomic mass is 10.0. The summed E-state index contributed by atoms with van der Waals surface area (Å²) in [4.78, 5) is 25.4. The third kappa shape index (κ3) is 7.89. The number of para-hydroxylation sites is 1. The van der Waals surface area contributed by atoms with Crippen LogP contribution in [0.5, 0.6) is 11.5 Å². The first-order valence-corrected chi connectivity index (χ1v) is 13.7. The largest absolute Gasteiger partial charge is 0.487 e. The Morgan fingerprint density at radius 1 is 0.800 bits per heavy atom. The van der Waals surface area contributed by atoms with E-state index >= 15 is 0 Å². The maximum Gasteiger partial charge on any atom is 0.347 e. The second-order valence-electron chi connectivity index (χ2n) is 7.23. The molecule has 35 heavy (non-hydrogen) atoms. The number of benzene rings is 2. The first-order chi connectivity index (χ1) is 16.4. The van der Waals surface area contributed by atoms with Gasteiger partial charge in [-0.05, 0) is 30.3 Å². The van der Waals surface area contributed by atoms with Crippen LogP contribution in [0.1, 0.15) is 15.9 Å². The Bertz CT molecular complexity index is 1490. The first kappa shape index (κ1) is 26.3. The fourth-order valence-electron chi connectivity index (χ4n) is 2.93. The number of carbonyl (C=O) groups excluding carboxylic acids is 1. The van der Waals surface area contributed by atoms with Gasteiger partial charge in [0.2, 0.25) is 5.78 Å². The van der Waals surface area contributed by atoms with Crippen LogP contribution < -0.4 is 15.1 Å². The van der Waals surface area contributed by atoms with Crippen LogP contribution in [0.3, 0.4) is 0 Å². The van der Waals surface area contributed by atoms with Crippen LogP contribution in [0.15, 0.2) is 57.7 Å². The lowest BCUT2D eigenvalue weighted by molar-refractivity contribution is 0.103. The van der Waals surface area contributed by atoms with E-state index in [-0.39, 0.29) is 49.1 Å². The zero-order chi connectivity index (χ0) is 25.6. The zero-order valence-electron chi connectivity index (χ0n) is 18.8. The number of ketones is 1. The highest BCUT2D eigenvalue weighted by Crippen LogP contribution is 2.29. The van der Waals surface area contributed by atoms with Crippen molar-refractivity contribution in [2.45, 2.75) is 0 Å². The Kier molecular flexibility index (Phi) is 8.27. The molecule has 2 aromatic carbocycles. The van der Waals surface area contributed by atoms with Gasteiger partial charge in [0, 0.05) is 10.9 Å². The van der Waals surface area contributed by atoms with Crippen LogP contribution in [-0.4, -0.2) is 61.6 Å². The zero-order valence-corrected chi connectivity index (χ0v) is 20.4. The van der Waals surface area contributed by atoms with E-state index in [1.54, 1.807) is 24.3 Å². The van der Waals surface area contributed by atoms with Gasteiger partial charge >= 0.3 is 5.63 Å². The van der Waals surface area contributed by atoms with E-state index in [1.807, 2.05) is 0 Å². The summed E-state index contributed by atoms with van der Waals surface area (Å²) in [5.41, 5.74) is -0.586. The molecule has 0 saturated heterocycles. The third-order valence-corrected chi connectivity index (χ3v) is 5.56. The molecule has 0 unspecified atom stereocenters. The van der Waals surface area contributed by atoms with Gasteiger partial charge in [0.25, 0.3) is 20.2 Å². The average Bonchev–Trinajstić information content (AvgIpc) is 2.78. The van der Waals surface area contributed by atoms with E-state index in [4.69, 9.17) is 13.9 Å². The van der Waals surface area contributed by atoms with E-state index in [1.165, 1.54) is 24.3 Å². The highest BCUT2D eigenvalue weighted by molar-refractivity contribution is 7.86. The quantitative estimate of drug-likeness (QED) is 0.147. The minimum atomic E-state index is -3.68. The van der Waals surface area contributed by atoms with E-state index in [0.717, 1.165) is 12.5 Å². The number of hydrogen-bond acceptors (Lipinski definition) is 11. The summed E-state index contributed by atoms with van der Waals surface area (Å²) in [6, 6.07) is 12.3. The molecule has 3 rings (SSSR count). The van der Waals surface area contributed by atoms with Gasteiger partial charge in [-0.25, -0.2) is 4.79 Å². The maximum absolute atomic E-state index is 13.1. The minimum Gasteiger partial charge on any atom is -0.487 e. The van der Waals surface area contributed by atoms with Gasteiger partial charge in [-0.2, -0.15) is 16.8 Å². The molecule has 0 aliphatic rings. The molecule has 11 nitrogen and oxygen atoms in total. The molecule has 0 saturated carbocycles. The van der Waals surface area contributed by atoms with Crippen molar-refractivity contribution in [1.29, 1.82) is 0 Å². The number of rotatable bonds is 12. The van der Waals surface area contributed by atoms with Crippen molar-refractivity contribution in [1.82, 2.24) is 0 Å². The summed E-state index contributed by atoms with van der Waals surface area (Å²) in [7, 11) is -7.34. The molecular weight excluding hydrogens is 504 g/mol. The molecule has 188 valence electrons. The lowest BCUT2D eigenvalue weighted by Crippen LogP contribution is -2.16. The van der Waals surface area contributed by atoms with Gasteiger partial charge in [0.05, 0.1) is 12.5 Å². The SMILES string of the molecule is CS(=O)(=O)OCCOc1ccc(C(=O)c2cc3ccccc3oc2=O)cc1OCCOS(C)(=O)=O. The van der Waals surface area contributed by atoms with Crippen LogP contribution in [0.25, 0.3) is 11.0 Å². The summed E-state index contributed by atoms with van der Waals surface area (Å²) < 4.78 is 70.0. The van der Waals surface area contributed by atoms with Crippen LogP contribution in [0.4, 0.5) is 0 Å². The van der Waals surface area contributed by atoms with Crippen molar-refractivity contribution < 1.29 is 43.9 Å².